The predicted octanol–water partition coefficient (Wildman–Crippen LogP) is 4.56. The number of halogens is 2. The lowest BCUT2D eigenvalue weighted by molar-refractivity contribution is -0.134. The van der Waals surface area contributed by atoms with Gasteiger partial charge in [0.15, 0.2) is 17.3 Å². The van der Waals surface area contributed by atoms with Gasteiger partial charge in [-0.15, -0.1) is 0 Å². The Morgan fingerprint density at radius 1 is 1.00 bits per heavy atom. The second-order valence-corrected chi connectivity index (χ2v) is 8.11. The number of amides is 1. The van der Waals surface area contributed by atoms with Crippen molar-refractivity contribution in [1.29, 1.82) is 0 Å². The molecule has 8 nitrogen and oxygen atoms in total. The summed E-state index contributed by atoms with van der Waals surface area (Å²) in [5.41, 5.74) is 2.65. The van der Waals surface area contributed by atoms with Gasteiger partial charge < -0.3 is 14.6 Å². The highest BCUT2D eigenvalue weighted by atomic mass is 19.1. The van der Waals surface area contributed by atoms with Crippen molar-refractivity contribution in [3.63, 3.8) is 0 Å². The number of benzene rings is 2. The van der Waals surface area contributed by atoms with Crippen molar-refractivity contribution in [1.82, 2.24) is 19.2 Å². The molecule has 1 amide bonds. The van der Waals surface area contributed by atoms with E-state index in [1.807, 2.05) is 17.8 Å². The molecule has 10 heteroatoms. The maximum absolute atomic E-state index is 14.9. The Balaban J connectivity index is 1.33. The van der Waals surface area contributed by atoms with Crippen molar-refractivity contribution < 1.29 is 23.1 Å². The van der Waals surface area contributed by atoms with E-state index in [9.17, 15) is 18.4 Å². The summed E-state index contributed by atoms with van der Waals surface area (Å²) < 4.78 is 37.2. The summed E-state index contributed by atoms with van der Waals surface area (Å²) >= 11 is 0. The average Bonchev–Trinajstić information content (AvgIpc) is 3.51. The number of pyridine rings is 1. The zero-order valence-electron chi connectivity index (χ0n) is 19.0. The molecular weight excluding hydrogens is 468 g/mol. The van der Waals surface area contributed by atoms with Crippen molar-refractivity contribution in [3.8, 4) is 22.8 Å². The van der Waals surface area contributed by atoms with Crippen molar-refractivity contribution in [2.75, 3.05) is 5.32 Å². The van der Waals surface area contributed by atoms with Crippen LogP contribution in [0.3, 0.4) is 0 Å². The van der Waals surface area contributed by atoms with Crippen LogP contribution < -0.4 is 10.1 Å². The fourth-order valence-corrected chi connectivity index (χ4v) is 3.64. The maximum Gasteiger partial charge on any atom is 0.292 e. The van der Waals surface area contributed by atoms with E-state index in [2.05, 4.69) is 15.4 Å². The van der Waals surface area contributed by atoms with Gasteiger partial charge in [-0.2, -0.15) is 5.10 Å². The van der Waals surface area contributed by atoms with Gasteiger partial charge in [0.05, 0.1) is 18.2 Å². The number of hydrogen-bond acceptors (Lipinski definition) is 5. The van der Waals surface area contributed by atoms with Crippen molar-refractivity contribution in [2.24, 2.45) is 7.05 Å². The normalized spacial score (nSPS) is 11.0. The van der Waals surface area contributed by atoms with E-state index in [0.29, 0.717) is 22.5 Å². The SMILES string of the molecule is Cn1cnc(-c2cc(Oc3ccc(CC(=O)C(=O)Nc4ccc(F)cc4)cc3F)c3ccnn3c2)c1. The highest BCUT2D eigenvalue weighted by Crippen LogP contribution is 2.32. The second kappa shape index (κ2) is 9.41. The summed E-state index contributed by atoms with van der Waals surface area (Å²) in [6.45, 7) is 0. The van der Waals surface area contributed by atoms with Crippen molar-refractivity contribution in [2.45, 2.75) is 6.42 Å². The van der Waals surface area contributed by atoms with Gasteiger partial charge in [-0.25, -0.2) is 18.3 Å². The van der Waals surface area contributed by atoms with Gasteiger partial charge in [-0.3, -0.25) is 9.59 Å². The number of fused-ring (bicyclic) bond motifs is 1. The second-order valence-electron chi connectivity index (χ2n) is 8.11. The molecule has 0 saturated carbocycles. The van der Waals surface area contributed by atoms with Crippen LogP contribution in [-0.2, 0) is 23.1 Å². The first-order valence-electron chi connectivity index (χ1n) is 10.9. The lowest BCUT2D eigenvalue weighted by Gasteiger charge is -2.11. The number of Topliss-reactive ketones (excluding diaryl/α,β-unsaturated/α-hetero) is 1. The van der Waals surface area contributed by atoms with Gasteiger partial charge in [-0.1, -0.05) is 6.07 Å². The molecule has 0 spiro atoms. The minimum absolute atomic E-state index is 0.0526. The number of ether oxygens (including phenoxy) is 1. The maximum atomic E-state index is 14.9. The van der Waals surface area contributed by atoms with E-state index in [1.54, 1.807) is 35.4 Å². The van der Waals surface area contributed by atoms with Crippen LogP contribution in [0.4, 0.5) is 14.5 Å². The van der Waals surface area contributed by atoms with Gasteiger partial charge >= 0.3 is 0 Å². The minimum atomic E-state index is -0.878. The van der Waals surface area contributed by atoms with Gasteiger partial charge in [-0.05, 0) is 54.1 Å². The highest BCUT2D eigenvalue weighted by Gasteiger charge is 2.17. The van der Waals surface area contributed by atoms with E-state index >= 15 is 0 Å². The summed E-state index contributed by atoms with van der Waals surface area (Å²) in [5.74, 6) is -2.48. The number of nitrogens with zero attached hydrogens (tertiary/aromatic N) is 4. The standard InChI is InChI=1S/C26H19F2N5O3/c1-32-14-21(29-15-32)17-12-25(22-8-9-30-33(22)13-17)36-24-7-2-16(10-20(24)28)11-23(34)26(35)31-19-5-3-18(27)4-6-19/h2-10,12-15H,11H2,1H3,(H,31,35). The Bertz CT molecular complexity index is 1590. The summed E-state index contributed by atoms with van der Waals surface area (Å²) in [7, 11) is 1.86. The van der Waals surface area contributed by atoms with Crippen LogP contribution in [0.5, 0.6) is 11.5 Å². The van der Waals surface area contributed by atoms with E-state index in [-0.39, 0.29) is 17.9 Å². The van der Waals surface area contributed by atoms with Gasteiger partial charge in [0.1, 0.15) is 11.3 Å². The molecule has 0 aliphatic carbocycles. The van der Waals surface area contributed by atoms with Crippen molar-refractivity contribution in [3.05, 3.63) is 96.7 Å². The molecular formula is C26H19F2N5O3. The molecule has 5 aromatic rings. The van der Waals surface area contributed by atoms with Crippen LogP contribution in [0.25, 0.3) is 16.8 Å². The summed E-state index contributed by atoms with van der Waals surface area (Å²) in [4.78, 5) is 28.8. The van der Waals surface area contributed by atoms with Crippen LogP contribution in [-0.4, -0.2) is 30.9 Å². The third-order valence-corrected chi connectivity index (χ3v) is 5.41. The zero-order valence-corrected chi connectivity index (χ0v) is 19.0. The number of carbonyl (C=O) groups excluding carboxylic acids is 2. The lowest BCUT2D eigenvalue weighted by atomic mass is 10.1. The highest BCUT2D eigenvalue weighted by molar-refractivity contribution is 6.41. The molecule has 36 heavy (non-hydrogen) atoms. The smallest absolute Gasteiger partial charge is 0.292 e. The number of nitrogens with one attached hydrogen (secondary N) is 1. The monoisotopic (exact) mass is 487 g/mol. The molecule has 1 N–H and O–H groups in total. The average molecular weight is 487 g/mol. The molecule has 3 aromatic heterocycles. The first-order valence-corrected chi connectivity index (χ1v) is 10.9. The van der Waals surface area contributed by atoms with Crippen LogP contribution >= 0.6 is 0 Å². The Hall–Kier alpha value is -4.86. The number of aryl methyl sites for hydroxylation is 1. The molecule has 180 valence electrons. The topological polar surface area (TPSA) is 90.5 Å². The first kappa shape index (κ1) is 22.9. The number of rotatable bonds is 7. The third kappa shape index (κ3) is 4.83. The van der Waals surface area contributed by atoms with Crippen LogP contribution in [0, 0.1) is 11.6 Å². The zero-order chi connectivity index (χ0) is 25.2. The number of carbonyl (C=O) groups is 2. The molecule has 3 heterocycles. The third-order valence-electron chi connectivity index (χ3n) is 5.41. The summed E-state index contributed by atoms with van der Waals surface area (Å²) in [5, 5.41) is 6.64. The summed E-state index contributed by atoms with van der Waals surface area (Å²) in [6.07, 6.45) is 6.60. The number of aromatic nitrogens is 4. The van der Waals surface area contributed by atoms with E-state index in [0.717, 1.165) is 23.8 Å². The molecule has 0 fully saturated rings. The molecule has 0 atom stereocenters. The lowest BCUT2D eigenvalue weighted by Crippen LogP contribution is -2.24. The van der Waals surface area contributed by atoms with Gasteiger partial charge in [0.25, 0.3) is 5.91 Å². The van der Waals surface area contributed by atoms with Crippen LogP contribution in [0.2, 0.25) is 0 Å². The molecule has 0 aliphatic heterocycles. The predicted molar refractivity (Wildman–Crippen MR) is 128 cm³/mol. The number of anilines is 1. The molecule has 0 radical (unpaired) electrons. The minimum Gasteiger partial charge on any atom is -0.452 e. The van der Waals surface area contributed by atoms with Gasteiger partial charge in [0, 0.05) is 37.1 Å². The fraction of sp³-hybridized carbons (Fsp3) is 0.0769. The molecule has 5 rings (SSSR count). The Morgan fingerprint density at radius 3 is 2.53 bits per heavy atom. The van der Waals surface area contributed by atoms with Crippen molar-refractivity contribution >= 4 is 22.9 Å². The van der Waals surface area contributed by atoms with E-state index in [1.165, 1.54) is 24.3 Å². The number of imidazole rings is 1. The molecule has 0 unspecified atom stereocenters. The van der Waals surface area contributed by atoms with E-state index < -0.39 is 23.3 Å². The molecule has 2 aromatic carbocycles. The van der Waals surface area contributed by atoms with Gasteiger partial charge in [0.2, 0.25) is 5.78 Å². The Kier molecular flexibility index (Phi) is 5.99. The Morgan fingerprint density at radius 2 is 1.81 bits per heavy atom. The Labute approximate surface area is 203 Å². The number of hydrogen-bond donors (Lipinski definition) is 1. The molecule has 0 aliphatic rings. The molecule has 0 bridgehead atoms. The molecule has 0 saturated heterocycles. The summed E-state index contributed by atoms with van der Waals surface area (Å²) in [6, 6.07) is 12.6. The van der Waals surface area contributed by atoms with E-state index in [4.69, 9.17) is 4.74 Å². The van der Waals surface area contributed by atoms with Crippen LogP contribution in [0.15, 0.2) is 79.5 Å². The number of ketones is 1. The quantitative estimate of drug-likeness (QED) is 0.340. The fourth-order valence-electron chi connectivity index (χ4n) is 3.64. The first-order chi connectivity index (χ1) is 17.4. The van der Waals surface area contributed by atoms with Crippen LogP contribution in [0.1, 0.15) is 5.56 Å². The largest absolute Gasteiger partial charge is 0.452 e.